The molecule has 122 valence electrons. The summed E-state index contributed by atoms with van der Waals surface area (Å²) in [5.41, 5.74) is 1.86. The molecule has 0 amide bonds. The van der Waals surface area contributed by atoms with E-state index < -0.39 is 5.97 Å². The van der Waals surface area contributed by atoms with Gasteiger partial charge in [0.1, 0.15) is 18.1 Å². The molecule has 0 bridgehead atoms. The molecule has 3 rings (SSSR count). The number of carbonyl (C=O) groups is 1. The van der Waals surface area contributed by atoms with Crippen LogP contribution >= 0.6 is 15.9 Å². The third-order valence-corrected chi connectivity index (χ3v) is 3.87. The maximum absolute atomic E-state index is 12.0. The Morgan fingerprint density at radius 1 is 1.17 bits per heavy atom. The minimum atomic E-state index is -0.409. The van der Waals surface area contributed by atoms with Gasteiger partial charge in [-0.2, -0.15) is 0 Å². The van der Waals surface area contributed by atoms with Gasteiger partial charge in [0.05, 0.1) is 12.7 Å². The Balaban J connectivity index is 1.65. The van der Waals surface area contributed by atoms with Crippen LogP contribution in [0.3, 0.4) is 0 Å². The molecule has 0 radical (unpaired) electrons. The number of benzene rings is 2. The van der Waals surface area contributed by atoms with E-state index in [4.69, 9.17) is 14.0 Å². The second-order valence-corrected chi connectivity index (χ2v) is 5.91. The summed E-state index contributed by atoms with van der Waals surface area (Å²) in [6.07, 6.45) is 0. The van der Waals surface area contributed by atoms with Gasteiger partial charge in [0.2, 0.25) is 0 Å². The molecule has 5 nitrogen and oxygen atoms in total. The number of ether oxygens (including phenoxy) is 2. The lowest BCUT2D eigenvalue weighted by molar-refractivity contribution is 0.0464. The molecule has 0 fully saturated rings. The molecule has 1 heterocycles. The van der Waals surface area contributed by atoms with Gasteiger partial charge in [0, 0.05) is 16.1 Å². The van der Waals surface area contributed by atoms with Crippen LogP contribution in [0.15, 0.2) is 63.6 Å². The first kappa shape index (κ1) is 16.3. The summed E-state index contributed by atoms with van der Waals surface area (Å²) >= 11 is 3.32. The predicted molar refractivity (Wildman–Crippen MR) is 91.8 cm³/mol. The van der Waals surface area contributed by atoms with Gasteiger partial charge in [0.15, 0.2) is 5.76 Å². The van der Waals surface area contributed by atoms with Crippen molar-refractivity contribution in [3.8, 4) is 17.1 Å². The number of carbonyl (C=O) groups excluding carboxylic acids is 1. The van der Waals surface area contributed by atoms with Crippen LogP contribution in [0.4, 0.5) is 0 Å². The average molecular weight is 388 g/mol. The standard InChI is InChI=1S/C18H14BrNO4/c1-22-16-4-2-3-13(9-16)17-10-15(20-24-17)11-23-18(21)12-5-7-14(19)8-6-12/h2-10H,11H2,1H3. The lowest BCUT2D eigenvalue weighted by atomic mass is 10.1. The lowest BCUT2D eigenvalue weighted by Crippen LogP contribution is -2.05. The molecular formula is C18H14BrNO4. The van der Waals surface area contributed by atoms with Gasteiger partial charge in [-0.05, 0) is 36.4 Å². The Bertz CT molecular complexity index is 842. The molecule has 0 saturated heterocycles. The molecule has 2 aromatic carbocycles. The molecule has 6 heteroatoms. The third kappa shape index (κ3) is 3.83. The van der Waals surface area contributed by atoms with Crippen LogP contribution < -0.4 is 4.74 Å². The van der Waals surface area contributed by atoms with Crippen LogP contribution in [0, 0.1) is 0 Å². The second-order valence-electron chi connectivity index (χ2n) is 5.00. The Hall–Kier alpha value is -2.60. The van der Waals surface area contributed by atoms with Crippen LogP contribution in [0.25, 0.3) is 11.3 Å². The fourth-order valence-electron chi connectivity index (χ4n) is 2.10. The molecule has 3 aromatic rings. The number of aromatic nitrogens is 1. The Kier molecular flexibility index (Phi) is 4.96. The minimum Gasteiger partial charge on any atom is -0.497 e. The SMILES string of the molecule is COc1cccc(-c2cc(COC(=O)c3ccc(Br)cc3)no2)c1. The number of nitrogens with zero attached hydrogens (tertiary/aromatic N) is 1. The zero-order chi connectivity index (χ0) is 16.9. The highest BCUT2D eigenvalue weighted by Crippen LogP contribution is 2.24. The van der Waals surface area contributed by atoms with E-state index in [-0.39, 0.29) is 6.61 Å². The van der Waals surface area contributed by atoms with E-state index in [0.29, 0.717) is 17.0 Å². The molecule has 0 aliphatic rings. The quantitative estimate of drug-likeness (QED) is 0.604. The van der Waals surface area contributed by atoms with Gasteiger partial charge < -0.3 is 14.0 Å². The minimum absolute atomic E-state index is 0.0440. The molecule has 0 aliphatic carbocycles. The van der Waals surface area contributed by atoms with Crippen molar-refractivity contribution in [3.05, 3.63) is 70.3 Å². The van der Waals surface area contributed by atoms with E-state index in [1.54, 1.807) is 37.4 Å². The number of esters is 1. The first-order valence-corrected chi connectivity index (χ1v) is 7.98. The van der Waals surface area contributed by atoms with Crippen LogP contribution in [-0.2, 0) is 11.3 Å². The van der Waals surface area contributed by atoms with Crippen molar-refractivity contribution in [3.63, 3.8) is 0 Å². The van der Waals surface area contributed by atoms with Crippen molar-refractivity contribution in [2.75, 3.05) is 7.11 Å². The zero-order valence-corrected chi connectivity index (χ0v) is 14.4. The van der Waals surface area contributed by atoms with Crippen LogP contribution in [0.2, 0.25) is 0 Å². The molecule has 0 saturated carbocycles. The largest absolute Gasteiger partial charge is 0.497 e. The summed E-state index contributed by atoms with van der Waals surface area (Å²) in [4.78, 5) is 12.0. The summed E-state index contributed by atoms with van der Waals surface area (Å²) in [7, 11) is 1.60. The van der Waals surface area contributed by atoms with Gasteiger partial charge in [-0.25, -0.2) is 4.79 Å². The third-order valence-electron chi connectivity index (χ3n) is 3.34. The summed E-state index contributed by atoms with van der Waals surface area (Å²) in [5, 5.41) is 3.93. The van der Waals surface area contributed by atoms with E-state index in [9.17, 15) is 4.79 Å². The van der Waals surface area contributed by atoms with Gasteiger partial charge in [0.25, 0.3) is 0 Å². The maximum atomic E-state index is 12.0. The predicted octanol–water partition coefficient (Wildman–Crippen LogP) is 4.47. The topological polar surface area (TPSA) is 61.6 Å². The Labute approximate surface area is 147 Å². The van der Waals surface area contributed by atoms with E-state index >= 15 is 0 Å². The van der Waals surface area contributed by atoms with Crippen molar-refractivity contribution in [2.24, 2.45) is 0 Å². The normalized spacial score (nSPS) is 10.4. The van der Waals surface area contributed by atoms with Crippen molar-refractivity contribution < 1.29 is 18.8 Å². The molecule has 24 heavy (non-hydrogen) atoms. The van der Waals surface area contributed by atoms with E-state index in [1.807, 2.05) is 24.3 Å². The smallest absolute Gasteiger partial charge is 0.338 e. The maximum Gasteiger partial charge on any atom is 0.338 e. The van der Waals surface area contributed by atoms with Gasteiger partial charge >= 0.3 is 5.97 Å². The summed E-state index contributed by atoms with van der Waals surface area (Å²) in [5.74, 6) is 0.907. The lowest BCUT2D eigenvalue weighted by Gasteiger charge is -2.02. The van der Waals surface area contributed by atoms with Crippen molar-refractivity contribution in [1.29, 1.82) is 0 Å². The van der Waals surface area contributed by atoms with Crippen LogP contribution in [0.1, 0.15) is 16.1 Å². The number of hydrogen-bond acceptors (Lipinski definition) is 5. The molecule has 1 aromatic heterocycles. The molecule has 0 unspecified atom stereocenters. The fourth-order valence-corrected chi connectivity index (χ4v) is 2.37. The summed E-state index contributed by atoms with van der Waals surface area (Å²) < 4.78 is 16.6. The molecule has 0 N–H and O–H groups in total. The highest BCUT2D eigenvalue weighted by atomic mass is 79.9. The monoisotopic (exact) mass is 387 g/mol. The first-order chi connectivity index (χ1) is 11.7. The summed E-state index contributed by atoms with van der Waals surface area (Å²) in [6.45, 7) is 0.0440. The number of hydrogen-bond donors (Lipinski definition) is 0. The summed E-state index contributed by atoms with van der Waals surface area (Å²) in [6, 6.07) is 16.1. The van der Waals surface area contributed by atoms with E-state index in [1.165, 1.54) is 0 Å². The van der Waals surface area contributed by atoms with Crippen molar-refractivity contribution >= 4 is 21.9 Å². The Morgan fingerprint density at radius 3 is 2.71 bits per heavy atom. The molecule has 0 atom stereocenters. The molecule has 0 aliphatic heterocycles. The van der Waals surface area contributed by atoms with Gasteiger partial charge in [-0.1, -0.05) is 33.2 Å². The van der Waals surface area contributed by atoms with Crippen LogP contribution in [-0.4, -0.2) is 18.2 Å². The highest BCUT2D eigenvalue weighted by Gasteiger charge is 2.11. The highest BCUT2D eigenvalue weighted by molar-refractivity contribution is 9.10. The molecular weight excluding hydrogens is 374 g/mol. The van der Waals surface area contributed by atoms with Gasteiger partial charge in [-0.3, -0.25) is 0 Å². The van der Waals surface area contributed by atoms with E-state index in [0.717, 1.165) is 15.8 Å². The van der Waals surface area contributed by atoms with Crippen LogP contribution in [0.5, 0.6) is 5.75 Å². The first-order valence-electron chi connectivity index (χ1n) is 7.18. The van der Waals surface area contributed by atoms with Crippen molar-refractivity contribution in [1.82, 2.24) is 5.16 Å². The number of halogens is 1. The Morgan fingerprint density at radius 2 is 1.96 bits per heavy atom. The average Bonchev–Trinajstić information content (AvgIpc) is 3.09. The van der Waals surface area contributed by atoms with Gasteiger partial charge in [-0.15, -0.1) is 0 Å². The number of rotatable bonds is 5. The second kappa shape index (κ2) is 7.31. The van der Waals surface area contributed by atoms with Crippen molar-refractivity contribution in [2.45, 2.75) is 6.61 Å². The molecule has 0 spiro atoms. The zero-order valence-electron chi connectivity index (χ0n) is 12.9. The van der Waals surface area contributed by atoms with E-state index in [2.05, 4.69) is 21.1 Å². The number of methoxy groups -OCH3 is 1. The fraction of sp³-hybridized carbons (Fsp3) is 0.111.